The van der Waals surface area contributed by atoms with E-state index in [0.717, 1.165) is 0 Å². The molecule has 2 N–H and O–H groups in total. The van der Waals surface area contributed by atoms with Crippen molar-refractivity contribution in [1.29, 1.82) is 0 Å². The van der Waals surface area contributed by atoms with Gasteiger partial charge in [0.25, 0.3) is 5.91 Å². The van der Waals surface area contributed by atoms with Crippen LogP contribution in [0.25, 0.3) is 11.0 Å². The zero-order valence-corrected chi connectivity index (χ0v) is 15.0. The van der Waals surface area contributed by atoms with Gasteiger partial charge in [-0.25, -0.2) is 19.8 Å². The number of pyridine rings is 2. The molecule has 3 heterocycles. The molecule has 0 aromatic carbocycles. The van der Waals surface area contributed by atoms with E-state index in [9.17, 15) is 14.7 Å². The van der Waals surface area contributed by atoms with Gasteiger partial charge in [-0.05, 0) is 37.5 Å². The van der Waals surface area contributed by atoms with E-state index in [1.807, 2.05) is 13.8 Å². The fourth-order valence-electron chi connectivity index (χ4n) is 2.76. The monoisotopic (exact) mass is 360 g/mol. The highest BCUT2D eigenvalue weighted by Crippen LogP contribution is 2.29. The number of hydrogen-bond acceptors (Lipinski definition) is 5. The summed E-state index contributed by atoms with van der Waals surface area (Å²) in [5, 5.41) is 13.2. The van der Waals surface area contributed by atoms with E-state index < -0.39 is 11.5 Å². The number of amidine groups is 1. The Balaban J connectivity index is 2.31. The second-order valence-electron chi connectivity index (χ2n) is 6.49. The minimum absolute atomic E-state index is 0.0105. The Labute approximate surface area is 149 Å². The van der Waals surface area contributed by atoms with Gasteiger partial charge in [-0.15, -0.1) is 0 Å². The Morgan fingerprint density at radius 3 is 2.56 bits per heavy atom. The third-order valence-corrected chi connectivity index (χ3v) is 4.88. The maximum Gasteiger partial charge on any atom is 0.338 e. The van der Waals surface area contributed by atoms with Crippen molar-refractivity contribution < 1.29 is 14.7 Å². The van der Waals surface area contributed by atoms with Crippen LogP contribution < -0.4 is 5.32 Å². The Bertz CT molecular complexity index is 955. The molecule has 1 amide bonds. The summed E-state index contributed by atoms with van der Waals surface area (Å²) >= 11 is 5.93. The second kappa shape index (κ2) is 5.77. The van der Waals surface area contributed by atoms with Gasteiger partial charge in [0.2, 0.25) is 0 Å². The predicted octanol–water partition coefficient (Wildman–Crippen LogP) is 2.58. The van der Waals surface area contributed by atoms with Gasteiger partial charge in [0.15, 0.2) is 11.5 Å². The zero-order chi connectivity index (χ0) is 18.5. The third-order valence-electron chi connectivity index (χ3n) is 4.67. The van der Waals surface area contributed by atoms with Gasteiger partial charge in [0, 0.05) is 5.39 Å². The molecule has 0 saturated carbocycles. The first kappa shape index (κ1) is 17.3. The summed E-state index contributed by atoms with van der Waals surface area (Å²) in [6.45, 7) is 7.14. The van der Waals surface area contributed by atoms with Crippen LogP contribution in [-0.4, -0.2) is 38.3 Å². The molecule has 0 bridgehead atoms. The molecule has 1 aliphatic rings. The van der Waals surface area contributed by atoms with Crippen LogP contribution in [0.4, 0.5) is 0 Å². The average Bonchev–Trinajstić information content (AvgIpc) is 2.83. The average molecular weight is 361 g/mol. The van der Waals surface area contributed by atoms with E-state index in [1.54, 1.807) is 26.0 Å². The summed E-state index contributed by atoms with van der Waals surface area (Å²) in [4.78, 5) is 37.1. The van der Waals surface area contributed by atoms with Crippen LogP contribution in [0.5, 0.6) is 0 Å². The molecule has 0 aliphatic carbocycles. The number of carboxylic acids is 1. The molecule has 130 valence electrons. The SMILES string of the molecule is Cc1c(C(=O)O)c(C2=NC(C)(C(C)C)C(=O)N2)nc2nc(Cl)ccc12. The minimum Gasteiger partial charge on any atom is -0.478 e. The number of nitrogens with zero attached hydrogens (tertiary/aromatic N) is 3. The molecule has 0 saturated heterocycles. The predicted molar refractivity (Wildman–Crippen MR) is 94.2 cm³/mol. The van der Waals surface area contributed by atoms with Crippen molar-refractivity contribution in [3.8, 4) is 0 Å². The minimum atomic E-state index is -1.15. The van der Waals surface area contributed by atoms with Crippen molar-refractivity contribution in [3.05, 3.63) is 34.1 Å². The Morgan fingerprint density at radius 1 is 1.32 bits per heavy atom. The van der Waals surface area contributed by atoms with Crippen molar-refractivity contribution in [3.63, 3.8) is 0 Å². The fraction of sp³-hybridized carbons (Fsp3) is 0.353. The second-order valence-corrected chi connectivity index (χ2v) is 6.87. The molecule has 2 aromatic rings. The first-order chi connectivity index (χ1) is 11.6. The van der Waals surface area contributed by atoms with Crippen LogP contribution in [0.15, 0.2) is 17.1 Å². The number of fused-ring (bicyclic) bond motifs is 1. The van der Waals surface area contributed by atoms with Gasteiger partial charge in [-0.1, -0.05) is 25.4 Å². The van der Waals surface area contributed by atoms with E-state index in [2.05, 4.69) is 20.3 Å². The van der Waals surface area contributed by atoms with Gasteiger partial charge in [-0.2, -0.15) is 0 Å². The molecule has 8 heteroatoms. The molecule has 25 heavy (non-hydrogen) atoms. The van der Waals surface area contributed by atoms with E-state index in [1.165, 1.54) is 0 Å². The van der Waals surface area contributed by atoms with Crippen LogP contribution in [0, 0.1) is 12.8 Å². The van der Waals surface area contributed by atoms with Gasteiger partial charge in [0.05, 0.1) is 5.56 Å². The van der Waals surface area contributed by atoms with Crippen LogP contribution >= 0.6 is 11.6 Å². The van der Waals surface area contributed by atoms with Crippen LogP contribution in [0.3, 0.4) is 0 Å². The number of hydrogen-bond donors (Lipinski definition) is 2. The van der Waals surface area contributed by atoms with Gasteiger partial charge >= 0.3 is 5.97 Å². The number of halogens is 1. The third kappa shape index (κ3) is 2.64. The molecule has 1 aliphatic heterocycles. The molecular weight excluding hydrogens is 344 g/mol. The number of aromatic carboxylic acids is 1. The summed E-state index contributed by atoms with van der Waals surface area (Å²) < 4.78 is 0. The van der Waals surface area contributed by atoms with Crippen LogP contribution in [0.2, 0.25) is 5.15 Å². The molecule has 1 atom stereocenters. The first-order valence-corrected chi connectivity index (χ1v) is 8.14. The molecule has 0 spiro atoms. The van der Waals surface area contributed by atoms with Crippen LogP contribution in [-0.2, 0) is 4.79 Å². The molecule has 0 fully saturated rings. The number of rotatable bonds is 3. The Kier molecular flexibility index (Phi) is 3.99. The lowest BCUT2D eigenvalue weighted by molar-refractivity contribution is -0.124. The Hall–Kier alpha value is -2.54. The van der Waals surface area contributed by atoms with E-state index in [0.29, 0.717) is 16.6 Å². The number of carbonyl (C=O) groups is 2. The van der Waals surface area contributed by atoms with Crippen molar-refractivity contribution in [1.82, 2.24) is 15.3 Å². The number of aliphatic imine (C=N–C) groups is 1. The van der Waals surface area contributed by atoms with Crippen molar-refractivity contribution in [2.45, 2.75) is 33.2 Å². The highest BCUT2D eigenvalue weighted by atomic mass is 35.5. The standard InChI is InChI=1S/C17H17ClN4O3/c1-7(2)17(4)16(25)21-14(22-17)12-11(15(23)24)8(3)9-5-6-10(18)19-13(9)20-12/h5-7H,1-4H3,(H,23,24)(H,21,22,25). The number of carboxylic acid groups (broad SMARTS) is 1. The quantitative estimate of drug-likeness (QED) is 0.818. The highest BCUT2D eigenvalue weighted by molar-refractivity contribution is 6.29. The van der Waals surface area contributed by atoms with E-state index >= 15 is 0 Å². The molecule has 3 rings (SSSR count). The molecule has 2 aromatic heterocycles. The van der Waals surface area contributed by atoms with Crippen molar-refractivity contribution >= 4 is 40.3 Å². The maximum atomic E-state index is 12.4. The van der Waals surface area contributed by atoms with Crippen molar-refractivity contribution in [2.24, 2.45) is 10.9 Å². The van der Waals surface area contributed by atoms with Crippen molar-refractivity contribution in [2.75, 3.05) is 0 Å². The fourth-order valence-corrected chi connectivity index (χ4v) is 2.90. The smallest absolute Gasteiger partial charge is 0.338 e. The van der Waals surface area contributed by atoms with E-state index in [-0.39, 0.29) is 34.1 Å². The Morgan fingerprint density at radius 2 is 2.00 bits per heavy atom. The van der Waals surface area contributed by atoms with E-state index in [4.69, 9.17) is 11.6 Å². The molecule has 1 unspecified atom stereocenters. The molecule has 0 radical (unpaired) electrons. The van der Waals surface area contributed by atoms with Gasteiger partial charge in [-0.3, -0.25) is 4.79 Å². The summed E-state index contributed by atoms with van der Waals surface area (Å²) in [6.07, 6.45) is 0. The van der Waals surface area contributed by atoms with Gasteiger partial charge < -0.3 is 10.4 Å². The summed E-state index contributed by atoms with van der Waals surface area (Å²) in [5.74, 6) is -1.35. The lowest BCUT2D eigenvalue weighted by Gasteiger charge is -2.21. The first-order valence-electron chi connectivity index (χ1n) is 7.77. The largest absolute Gasteiger partial charge is 0.478 e. The van der Waals surface area contributed by atoms with Crippen LogP contribution in [0.1, 0.15) is 42.4 Å². The lowest BCUT2D eigenvalue weighted by atomic mass is 9.89. The lowest BCUT2D eigenvalue weighted by Crippen LogP contribution is -2.41. The summed E-state index contributed by atoms with van der Waals surface area (Å²) in [6, 6.07) is 3.26. The number of carbonyl (C=O) groups excluding carboxylic acids is 1. The number of amides is 1. The van der Waals surface area contributed by atoms with Gasteiger partial charge in [0.1, 0.15) is 16.4 Å². The number of nitrogens with one attached hydrogen (secondary N) is 1. The topological polar surface area (TPSA) is 105 Å². The normalized spacial score (nSPS) is 20.1. The molecule has 7 nitrogen and oxygen atoms in total. The summed E-state index contributed by atoms with van der Waals surface area (Å²) in [7, 11) is 0. The molecular formula is C17H17ClN4O3. The number of aromatic nitrogens is 2. The number of aryl methyl sites for hydroxylation is 1. The highest BCUT2D eigenvalue weighted by Gasteiger charge is 2.43. The zero-order valence-electron chi connectivity index (χ0n) is 14.2. The summed E-state index contributed by atoms with van der Waals surface area (Å²) in [5.41, 5.74) is -0.0993. The maximum absolute atomic E-state index is 12.4.